The maximum atomic E-state index is 12.7. The van der Waals surface area contributed by atoms with Gasteiger partial charge in [0.1, 0.15) is 5.01 Å². The van der Waals surface area contributed by atoms with Crippen molar-refractivity contribution >= 4 is 44.6 Å². The number of hydrogen-bond donors (Lipinski definition) is 3. The maximum Gasteiger partial charge on any atom is 0.357 e. The molecule has 0 aliphatic carbocycles. The molecule has 2 heterocycles. The number of aromatic nitrogens is 2. The van der Waals surface area contributed by atoms with E-state index in [-0.39, 0.29) is 24.1 Å². The summed E-state index contributed by atoms with van der Waals surface area (Å²) in [5, 5.41) is 6.74. The summed E-state index contributed by atoms with van der Waals surface area (Å²) >= 11 is 3.00. The number of aryl methyl sites for hydroxylation is 3. The summed E-state index contributed by atoms with van der Waals surface area (Å²) in [6, 6.07) is 6.27. The highest BCUT2D eigenvalue weighted by atomic mass is 32.2. The summed E-state index contributed by atoms with van der Waals surface area (Å²) in [4.78, 5) is 22.5. The molecule has 1 atom stereocenters. The second-order valence-electron chi connectivity index (χ2n) is 6.84. The van der Waals surface area contributed by atoms with Crippen LogP contribution in [0.25, 0.3) is 0 Å². The molecule has 3 aromatic rings. The lowest BCUT2D eigenvalue weighted by Gasteiger charge is -2.17. The van der Waals surface area contributed by atoms with E-state index in [1.165, 1.54) is 22.7 Å². The monoisotopic (exact) mass is 466 g/mol. The van der Waals surface area contributed by atoms with Crippen LogP contribution >= 0.6 is 22.7 Å². The third-order valence-electron chi connectivity index (χ3n) is 4.23. The smallest absolute Gasteiger partial charge is 0.346 e. The fraction of sp³-hybridized carbons (Fsp3) is 0.316. The molecule has 0 fully saturated rings. The zero-order valence-electron chi connectivity index (χ0n) is 16.7. The topological polar surface area (TPSA) is 121 Å². The molecule has 0 spiro atoms. The van der Waals surface area contributed by atoms with E-state index < -0.39 is 10.3 Å². The zero-order valence-corrected chi connectivity index (χ0v) is 19.1. The lowest BCUT2D eigenvalue weighted by atomic mass is 10.1. The van der Waals surface area contributed by atoms with Gasteiger partial charge in [0.05, 0.1) is 28.9 Å². The Hall–Kier alpha value is -2.34. The third-order valence-corrected chi connectivity index (χ3v) is 6.87. The maximum absolute atomic E-state index is 12.7. The Kier molecular flexibility index (Phi) is 6.86. The summed E-state index contributed by atoms with van der Waals surface area (Å²) < 4.78 is 32.8. The number of hydrogen-bond acceptors (Lipinski definition) is 7. The van der Waals surface area contributed by atoms with Crippen molar-refractivity contribution in [1.82, 2.24) is 15.3 Å². The van der Waals surface area contributed by atoms with Crippen LogP contribution in [-0.2, 0) is 27.9 Å². The first-order valence-electron chi connectivity index (χ1n) is 9.07. The van der Waals surface area contributed by atoms with Crippen LogP contribution in [0.1, 0.15) is 37.9 Å². The summed E-state index contributed by atoms with van der Waals surface area (Å²) in [5.74, 6) is -0.107. The molecule has 3 rings (SSSR count). The number of carbonyl (C=O) groups excluding carboxylic acids is 1. The van der Waals surface area contributed by atoms with Crippen LogP contribution in [0.3, 0.4) is 0 Å². The molecule has 0 radical (unpaired) electrons. The first-order valence-corrected chi connectivity index (χ1v) is 12.2. The predicted molar refractivity (Wildman–Crippen MR) is 118 cm³/mol. The molecule has 160 valence electrons. The SMILES string of the molecule is Cc1csc(C(Cc2ccc(NS(=O)(=O)O)cc2)NC(=O)Cc2sc(C)nc2C)n1. The molecule has 0 bridgehead atoms. The minimum absolute atomic E-state index is 0.107. The number of amides is 1. The van der Waals surface area contributed by atoms with Crippen LogP contribution in [0.5, 0.6) is 0 Å². The van der Waals surface area contributed by atoms with E-state index in [1.54, 1.807) is 24.3 Å². The Labute approximate surface area is 183 Å². The number of nitrogens with zero attached hydrogens (tertiary/aromatic N) is 2. The highest BCUT2D eigenvalue weighted by molar-refractivity contribution is 7.87. The van der Waals surface area contributed by atoms with E-state index >= 15 is 0 Å². The van der Waals surface area contributed by atoms with Crippen LogP contribution < -0.4 is 10.0 Å². The molecule has 3 N–H and O–H groups in total. The molecule has 30 heavy (non-hydrogen) atoms. The van der Waals surface area contributed by atoms with Gasteiger partial charge in [-0.15, -0.1) is 22.7 Å². The van der Waals surface area contributed by atoms with Crippen molar-refractivity contribution in [2.75, 3.05) is 4.72 Å². The molecule has 1 aromatic carbocycles. The Morgan fingerprint density at radius 3 is 2.40 bits per heavy atom. The lowest BCUT2D eigenvalue weighted by Crippen LogP contribution is -2.31. The molecule has 11 heteroatoms. The van der Waals surface area contributed by atoms with Gasteiger partial charge in [-0.05, 0) is 44.9 Å². The van der Waals surface area contributed by atoms with E-state index in [0.29, 0.717) is 6.42 Å². The molecule has 0 aliphatic rings. The van der Waals surface area contributed by atoms with E-state index in [4.69, 9.17) is 4.55 Å². The van der Waals surface area contributed by atoms with Gasteiger partial charge >= 0.3 is 10.3 Å². The molecular formula is C19H22N4O4S3. The predicted octanol–water partition coefficient (Wildman–Crippen LogP) is 3.38. The van der Waals surface area contributed by atoms with Gasteiger partial charge in [0, 0.05) is 16.0 Å². The van der Waals surface area contributed by atoms with E-state index in [9.17, 15) is 13.2 Å². The van der Waals surface area contributed by atoms with Crippen molar-refractivity contribution in [1.29, 1.82) is 0 Å². The van der Waals surface area contributed by atoms with E-state index in [1.807, 2.05) is 30.9 Å². The number of nitrogens with one attached hydrogen (secondary N) is 2. The second kappa shape index (κ2) is 9.21. The summed E-state index contributed by atoms with van der Waals surface area (Å²) in [6.45, 7) is 5.72. The Morgan fingerprint density at radius 1 is 1.17 bits per heavy atom. The van der Waals surface area contributed by atoms with Crippen molar-refractivity contribution < 1.29 is 17.8 Å². The fourth-order valence-corrected chi connectivity index (χ4v) is 5.17. The van der Waals surface area contributed by atoms with Gasteiger partial charge in [-0.25, -0.2) is 9.97 Å². The molecule has 0 saturated heterocycles. The number of benzene rings is 1. The van der Waals surface area contributed by atoms with Crippen LogP contribution in [0.4, 0.5) is 5.69 Å². The van der Waals surface area contributed by atoms with Crippen molar-refractivity contribution in [2.45, 2.75) is 39.7 Å². The summed E-state index contributed by atoms with van der Waals surface area (Å²) in [7, 11) is -4.32. The van der Waals surface area contributed by atoms with Gasteiger partial charge in [0.15, 0.2) is 0 Å². The van der Waals surface area contributed by atoms with Gasteiger partial charge in [0.2, 0.25) is 5.91 Å². The van der Waals surface area contributed by atoms with E-state index in [0.717, 1.165) is 31.8 Å². The summed E-state index contributed by atoms with van der Waals surface area (Å²) in [6.07, 6.45) is 0.751. The molecule has 8 nitrogen and oxygen atoms in total. The molecule has 2 aromatic heterocycles. The molecular weight excluding hydrogens is 444 g/mol. The fourth-order valence-electron chi connectivity index (χ4n) is 2.95. The van der Waals surface area contributed by atoms with Gasteiger partial charge in [-0.1, -0.05) is 12.1 Å². The average molecular weight is 467 g/mol. The van der Waals surface area contributed by atoms with Crippen LogP contribution in [-0.4, -0.2) is 28.8 Å². The Bertz CT molecular complexity index is 1140. The molecule has 1 unspecified atom stereocenters. The van der Waals surface area contributed by atoms with Gasteiger partial charge in [-0.2, -0.15) is 8.42 Å². The van der Waals surface area contributed by atoms with Crippen LogP contribution in [0.2, 0.25) is 0 Å². The first-order chi connectivity index (χ1) is 14.1. The molecule has 1 amide bonds. The molecule has 0 aliphatic heterocycles. The van der Waals surface area contributed by atoms with Crippen LogP contribution in [0.15, 0.2) is 29.6 Å². The highest BCUT2D eigenvalue weighted by Gasteiger charge is 2.20. The van der Waals surface area contributed by atoms with Crippen LogP contribution in [0, 0.1) is 20.8 Å². The zero-order chi connectivity index (χ0) is 21.9. The standard InChI is InChI=1S/C19H22N4O4S3/c1-11-10-28-19(20-11)16(22-18(24)9-17-12(2)21-13(3)29-17)8-14-4-6-15(7-5-14)23-30(25,26)27/h4-7,10,16,23H,8-9H2,1-3H3,(H,22,24)(H,25,26,27). The van der Waals surface area contributed by atoms with Crippen molar-refractivity contribution in [2.24, 2.45) is 0 Å². The first kappa shape index (κ1) is 22.3. The normalized spacial score (nSPS) is 12.5. The van der Waals surface area contributed by atoms with Crippen molar-refractivity contribution in [3.63, 3.8) is 0 Å². The quantitative estimate of drug-likeness (QED) is 0.438. The number of rotatable bonds is 8. The second-order valence-corrected chi connectivity index (χ2v) is 10.2. The average Bonchev–Trinajstić information content (AvgIpc) is 3.20. The van der Waals surface area contributed by atoms with E-state index in [2.05, 4.69) is 15.3 Å². The number of carbonyl (C=O) groups is 1. The van der Waals surface area contributed by atoms with Crippen molar-refractivity contribution in [3.8, 4) is 0 Å². The minimum Gasteiger partial charge on any atom is -0.346 e. The largest absolute Gasteiger partial charge is 0.357 e. The summed E-state index contributed by atoms with van der Waals surface area (Å²) in [5.41, 5.74) is 2.90. The van der Waals surface area contributed by atoms with Gasteiger partial charge in [0.25, 0.3) is 0 Å². The Balaban J connectivity index is 1.74. The lowest BCUT2D eigenvalue weighted by molar-refractivity contribution is -0.121. The van der Waals surface area contributed by atoms with Crippen molar-refractivity contribution in [3.05, 3.63) is 61.5 Å². The third kappa shape index (κ3) is 6.33. The van der Waals surface area contributed by atoms with Gasteiger partial charge < -0.3 is 5.32 Å². The number of thiazole rings is 2. The number of anilines is 1. The Morgan fingerprint density at radius 2 is 1.87 bits per heavy atom. The van der Waals surface area contributed by atoms with Gasteiger partial charge in [-0.3, -0.25) is 14.1 Å². The minimum atomic E-state index is -4.32. The molecule has 0 saturated carbocycles. The highest BCUT2D eigenvalue weighted by Crippen LogP contribution is 2.24.